The number of ether oxygens (including phenoxy) is 1. The summed E-state index contributed by atoms with van der Waals surface area (Å²) in [5.41, 5.74) is 0. The lowest BCUT2D eigenvalue weighted by Gasteiger charge is -2.19. The van der Waals surface area contributed by atoms with Crippen LogP contribution in [0.15, 0.2) is 6.33 Å². The zero-order chi connectivity index (χ0) is 9.26. The molecule has 0 saturated heterocycles. The van der Waals surface area contributed by atoms with Crippen LogP contribution in [0.25, 0.3) is 0 Å². The van der Waals surface area contributed by atoms with Gasteiger partial charge in [0, 0.05) is 13.0 Å². The highest BCUT2D eigenvalue weighted by Crippen LogP contribution is 2.19. The molecule has 5 heteroatoms. The summed E-state index contributed by atoms with van der Waals surface area (Å²) in [4.78, 5) is 11.2. The SMILES string of the molecule is COC(=O)[C@@H]1CCn2cnnc2C1. The van der Waals surface area contributed by atoms with E-state index in [4.69, 9.17) is 0 Å². The van der Waals surface area contributed by atoms with Gasteiger partial charge >= 0.3 is 5.97 Å². The van der Waals surface area contributed by atoms with Crippen molar-refractivity contribution in [2.75, 3.05) is 7.11 Å². The van der Waals surface area contributed by atoms with Crippen LogP contribution in [0, 0.1) is 5.92 Å². The Kier molecular flexibility index (Phi) is 2.00. The normalized spacial score (nSPS) is 20.8. The third kappa shape index (κ3) is 1.41. The van der Waals surface area contributed by atoms with Crippen molar-refractivity contribution in [1.82, 2.24) is 14.8 Å². The van der Waals surface area contributed by atoms with Crippen molar-refractivity contribution in [2.45, 2.75) is 19.4 Å². The first-order valence-electron chi connectivity index (χ1n) is 4.26. The Morgan fingerprint density at radius 1 is 1.77 bits per heavy atom. The zero-order valence-electron chi connectivity index (χ0n) is 7.43. The van der Waals surface area contributed by atoms with Gasteiger partial charge in [0.25, 0.3) is 0 Å². The van der Waals surface area contributed by atoms with Crippen molar-refractivity contribution in [3.63, 3.8) is 0 Å². The second kappa shape index (κ2) is 3.16. The van der Waals surface area contributed by atoms with Gasteiger partial charge in [-0.2, -0.15) is 0 Å². The number of carbonyl (C=O) groups excluding carboxylic acids is 1. The molecule has 13 heavy (non-hydrogen) atoms. The first-order valence-corrected chi connectivity index (χ1v) is 4.26. The number of esters is 1. The van der Waals surface area contributed by atoms with Crippen molar-refractivity contribution in [3.8, 4) is 0 Å². The largest absolute Gasteiger partial charge is 0.469 e. The molecule has 0 aliphatic carbocycles. The molecule has 1 aromatic heterocycles. The maximum absolute atomic E-state index is 11.2. The molecular formula is C8H11N3O2. The first-order chi connectivity index (χ1) is 6.31. The molecule has 1 aromatic rings. The van der Waals surface area contributed by atoms with Crippen LogP contribution in [0.1, 0.15) is 12.2 Å². The van der Waals surface area contributed by atoms with Gasteiger partial charge in [0.15, 0.2) is 0 Å². The molecule has 0 unspecified atom stereocenters. The van der Waals surface area contributed by atoms with E-state index in [1.807, 2.05) is 4.57 Å². The average Bonchev–Trinajstić information content (AvgIpc) is 2.63. The fraction of sp³-hybridized carbons (Fsp3) is 0.625. The quantitative estimate of drug-likeness (QED) is 0.573. The van der Waals surface area contributed by atoms with E-state index in [1.54, 1.807) is 6.33 Å². The van der Waals surface area contributed by atoms with E-state index >= 15 is 0 Å². The predicted octanol–water partition coefficient (Wildman–Crippen LogP) is 0.0135. The molecule has 2 rings (SSSR count). The van der Waals surface area contributed by atoms with Gasteiger partial charge in [-0.05, 0) is 6.42 Å². The van der Waals surface area contributed by atoms with Gasteiger partial charge in [0.2, 0.25) is 0 Å². The molecule has 0 fully saturated rings. The number of nitrogens with zero attached hydrogens (tertiary/aromatic N) is 3. The number of hydrogen-bond acceptors (Lipinski definition) is 4. The summed E-state index contributed by atoms with van der Waals surface area (Å²) >= 11 is 0. The second-order valence-corrected chi connectivity index (χ2v) is 3.15. The number of carbonyl (C=O) groups is 1. The molecule has 0 bridgehead atoms. The molecular weight excluding hydrogens is 170 g/mol. The maximum Gasteiger partial charge on any atom is 0.309 e. The van der Waals surface area contributed by atoms with E-state index in [0.717, 1.165) is 18.8 Å². The molecule has 1 aliphatic heterocycles. The Morgan fingerprint density at radius 2 is 2.62 bits per heavy atom. The standard InChI is InChI=1S/C8H11N3O2/c1-13-8(12)6-2-3-11-5-9-10-7(11)4-6/h5-6H,2-4H2,1H3/t6-/m1/s1. The molecule has 0 radical (unpaired) electrons. The summed E-state index contributed by atoms with van der Waals surface area (Å²) in [5, 5.41) is 7.71. The molecule has 70 valence electrons. The molecule has 0 aromatic carbocycles. The Labute approximate surface area is 75.7 Å². The van der Waals surface area contributed by atoms with Crippen molar-refractivity contribution in [1.29, 1.82) is 0 Å². The van der Waals surface area contributed by atoms with Gasteiger partial charge in [-0.15, -0.1) is 10.2 Å². The summed E-state index contributed by atoms with van der Waals surface area (Å²) < 4.78 is 6.66. The van der Waals surface area contributed by atoms with Gasteiger partial charge in [-0.1, -0.05) is 0 Å². The summed E-state index contributed by atoms with van der Waals surface area (Å²) in [5.74, 6) is 0.692. The van der Waals surface area contributed by atoms with Gasteiger partial charge in [0.05, 0.1) is 13.0 Å². The van der Waals surface area contributed by atoms with Gasteiger partial charge < -0.3 is 9.30 Å². The molecule has 1 atom stereocenters. The van der Waals surface area contributed by atoms with Crippen LogP contribution in [0.4, 0.5) is 0 Å². The first kappa shape index (κ1) is 8.22. The smallest absolute Gasteiger partial charge is 0.309 e. The van der Waals surface area contributed by atoms with E-state index in [9.17, 15) is 4.79 Å². The third-order valence-electron chi connectivity index (χ3n) is 2.38. The fourth-order valence-corrected chi connectivity index (χ4v) is 1.61. The number of aromatic nitrogens is 3. The van der Waals surface area contributed by atoms with Crippen molar-refractivity contribution >= 4 is 5.97 Å². The third-order valence-corrected chi connectivity index (χ3v) is 2.38. The molecule has 0 amide bonds. The summed E-state index contributed by atoms with van der Waals surface area (Å²) in [6.45, 7) is 0.808. The van der Waals surface area contributed by atoms with Gasteiger partial charge in [0.1, 0.15) is 12.2 Å². The lowest BCUT2D eigenvalue weighted by Crippen LogP contribution is -2.26. The van der Waals surface area contributed by atoms with Crippen molar-refractivity contribution in [2.24, 2.45) is 5.92 Å². The molecule has 0 N–H and O–H groups in total. The highest BCUT2D eigenvalue weighted by Gasteiger charge is 2.26. The van der Waals surface area contributed by atoms with Crippen LogP contribution >= 0.6 is 0 Å². The summed E-state index contributed by atoms with van der Waals surface area (Å²) in [7, 11) is 1.42. The molecule has 1 aliphatic rings. The van der Waals surface area contributed by atoms with Crippen LogP contribution in [-0.2, 0) is 22.5 Å². The number of hydrogen-bond donors (Lipinski definition) is 0. The average molecular weight is 181 g/mol. The lowest BCUT2D eigenvalue weighted by molar-refractivity contribution is -0.146. The zero-order valence-corrected chi connectivity index (χ0v) is 7.43. The van der Waals surface area contributed by atoms with E-state index in [2.05, 4.69) is 14.9 Å². The Morgan fingerprint density at radius 3 is 3.38 bits per heavy atom. The summed E-state index contributed by atoms with van der Waals surface area (Å²) in [6.07, 6.45) is 3.16. The fourth-order valence-electron chi connectivity index (χ4n) is 1.61. The highest BCUT2D eigenvalue weighted by molar-refractivity contribution is 5.72. The second-order valence-electron chi connectivity index (χ2n) is 3.15. The van der Waals surface area contributed by atoms with Gasteiger partial charge in [-0.3, -0.25) is 4.79 Å². The minimum Gasteiger partial charge on any atom is -0.469 e. The Hall–Kier alpha value is -1.39. The van der Waals surface area contributed by atoms with E-state index in [1.165, 1.54) is 7.11 Å². The number of rotatable bonds is 1. The van der Waals surface area contributed by atoms with E-state index in [0.29, 0.717) is 6.42 Å². The molecule has 0 saturated carbocycles. The molecule has 2 heterocycles. The van der Waals surface area contributed by atoms with Crippen LogP contribution in [0.5, 0.6) is 0 Å². The Bertz CT molecular complexity index is 321. The van der Waals surface area contributed by atoms with Gasteiger partial charge in [-0.25, -0.2) is 0 Å². The van der Waals surface area contributed by atoms with Crippen LogP contribution in [-0.4, -0.2) is 27.8 Å². The minimum atomic E-state index is -0.144. The predicted molar refractivity (Wildman–Crippen MR) is 43.8 cm³/mol. The van der Waals surface area contributed by atoms with Crippen LogP contribution < -0.4 is 0 Å². The summed E-state index contributed by atoms with van der Waals surface area (Å²) in [6, 6.07) is 0. The van der Waals surface area contributed by atoms with Crippen LogP contribution in [0.2, 0.25) is 0 Å². The topological polar surface area (TPSA) is 57.0 Å². The minimum absolute atomic E-state index is 0.0401. The maximum atomic E-state index is 11.2. The lowest BCUT2D eigenvalue weighted by atomic mass is 9.98. The molecule has 5 nitrogen and oxygen atoms in total. The van der Waals surface area contributed by atoms with Crippen molar-refractivity contribution < 1.29 is 9.53 Å². The Balaban J connectivity index is 2.13. The number of methoxy groups -OCH3 is 1. The van der Waals surface area contributed by atoms with E-state index in [-0.39, 0.29) is 11.9 Å². The number of fused-ring (bicyclic) bond motifs is 1. The number of aryl methyl sites for hydroxylation is 1. The molecule has 0 spiro atoms. The van der Waals surface area contributed by atoms with Crippen LogP contribution in [0.3, 0.4) is 0 Å². The van der Waals surface area contributed by atoms with Crippen molar-refractivity contribution in [3.05, 3.63) is 12.2 Å². The highest BCUT2D eigenvalue weighted by atomic mass is 16.5. The van der Waals surface area contributed by atoms with E-state index < -0.39 is 0 Å². The monoisotopic (exact) mass is 181 g/mol.